The van der Waals surface area contributed by atoms with E-state index < -0.39 is 16.3 Å². The van der Waals surface area contributed by atoms with E-state index in [2.05, 4.69) is 20.7 Å². The predicted octanol–water partition coefficient (Wildman–Crippen LogP) is 2.05. The second-order valence-electron chi connectivity index (χ2n) is 3.00. The van der Waals surface area contributed by atoms with Crippen LogP contribution in [0.2, 0.25) is 5.02 Å². The molecule has 0 saturated carbocycles. The number of rotatable bonds is 3. The molecule has 17 heavy (non-hydrogen) atoms. The maximum atomic E-state index is 11.4. The summed E-state index contributed by atoms with van der Waals surface area (Å²) in [7, 11) is -1.08. The molecule has 92 valence electrons. The topological polar surface area (TPSA) is 60.4 Å². The highest BCUT2D eigenvalue weighted by molar-refractivity contribution is 9.08. The van der Waals surface area contributed by atoms with Gasteiger partial charge in [-0.15, -0.1) is 0 Å². The van der Waals surface area contributed by atoms with Gasteiger partial charge >= 0.3 is 5.97 Å². The summed E-state index contributed by atoms with van der Waals surface area (Å²) in [5.41, 5.74) is 1.17. The summed E-state index contributed by atoms with van der Waals surface area (Å²) >= 11 is 9.22. The highest BCUT2D eigenvalue weighted by atomic mass is 79.9. The Balaban J connectivity index is 3.47. The van der Waals surface area contributed by atoms with Crippen LogP contribution in [0.1, 0.15) is 21.5 Å². The molecule has 0 aliphatic carbocycles. The van der Waals surface area contributed by atoms with E-state index in [9.17, 15) is 13.2 Å². The summed E-state index contributed by atoms with van der Waals surface area (Å²) in [6.07, 6.45) is 0. The third-order valence-corrected chi connectivity index (χ3v) is 3.48. The van der Waals surface area contributed by atoms with E-state index in [0.29, 0.717) is 16.5 Å². The molecule has 0 bridgehead atoms. The average Bonchev–Trinajstić information content (AvgIpc) is 2.28. The van der Waals surface area contributed by atoms with Gasteiger partial charge in [-0.05, 0) is 17.2 Å². The second-order valence-corrected chi connectivity index (χ2v) is 4.69. The van der Waals surface area contributed by atoms with Crippen molar-refractivity contribution in [2.75, 3.05) is 7.11 Å². The van der Waals surface area contributed by atoms with Gasteiger partial charge in [-0.3, -0.25) is 0 Å². The molecule has 0 saturated heterocycles. The van der Waals surface area contributed by atoms with Crippen LogP contribution in [0.4, 0.5) is 0 Å². The minimum absolute atomic E-state index is 0.188. The van der Waals surface area contributed by atoms with Crippen LogP contribution in [0, 0.1) is 0 Å². The van der Waals surface area contributed by atoms with Gasteiger partial charge in [-0.2, -0.15) is 8.42 Å². The van der Waals surface area contributed by atoms with Crippen molar-refractivity contribution in [1.29, 1.82) is 0 Å². The molecule has 7 heteroatoms. The summed E-state index contributed by atoms with van der Waals surface area (Å²) in [6.45, 7) is 0. The first-order chi connectivity index (χ1) is 8.01. The van der Waals surface area contributed by atoms with E-state index in [1.54, 1.807) is 0 Å². The van der Waals surface area contributed by atoms with Gasteiger partial charge in [0, 0.05) is 5.33 Å². The first-order valence-electron chi connectivity index (χ1n) is 4.39. The summed E-state index contributed by atoms with van der Waals surface area (Å²) in [5.74, 6) is -0.563. The number of benzene rings is 1. The van der Waals surface area contributed by atoms with Gasteiger partial charge in [0.05, 0.1) is 23.1 Å². The molecule has 0 spiro atoms. The van der Waals surface area contributed by atoms with Gasteiger partial charge in [-0.1, -0.05) is 33.6 Å². The fourth-order valence-electron chi connectivity index (χ4n) is 1.25. The largest absolute Gasteiger partial charge is 0.465 e. The monoisotopic (exact) mass is 338 g/mol. The van der Waals surface area contributed by atoms with E-state index in [-0.39, 0.29) is 10.6 Å². The van der Waals surface area contributed by atoms with Crippen LogP contribution >= 0.6 is 27.5 Å². The maximum Gasteiger partial charge on any atom is 0.339 e. The number of hydrogen-bond acceptors (Lipinski definition) is 4. The average molecular weight is 340 g/mol. The lowest BCUT2D eigenvalue weighted by molar-refractivity contribution is 0.0601. The standard InChI is InChI=1S/C10H8BrClO4S/c1-16-10(13)7-3-2-6(5-17(14)15)8(4-11)9(7)12/h2-3,5H,4H2,1H3. The predicted molar refractivity (Wildman–Crippen MR) is 69.5 cm³/mol. The fourth-order valence-corrected chi connectivity index (χ4v) is 2.76. The normalized spacial score (nSPS) is 9.82. The SMILES string of the molecule is COC(=O)c1ccc(C=S(=O)=O)c(CBr)c1Cl. The van der Waals surface area contributed by atoms with E-state index >= 15 is 0 Å². The van der Waals surface area contributed by atoms with Crippen LogP contribution in [0.15, 0.2) is 12.1 Å². The zero-order valence-corrected chi connectivity index (χ0v) is 11.9. The number of carbonyl (C=O) groups is 1. The third-order valence-electron chi connectivity index (χ3n) is 2.04. The molecule has 0 aliphatic heterocycles. The minimum Gasteiger partial charge on any atom is -0.465 e. The van der Waals surface area contributed by atoms with Crippen molar-refractivity contribution in [3.05, 3.63) is 33.8 Å². The third kappa shape index (κ3) is 3.31. The number of halogens is 2. The molecule has 1 aromatic rings. The number of ether oxygens (including phenoxy) is 1. The molecule has 0 aromatic heterocycles. The van der Waals surface area contributed by atoms with Crippen molar-refractivity contribution < 1.29 is 17.9 Å². The van der Waals surface area contributed by atoms with Crippen molar-refractivity contribution in [3.8, 4) is 0 Å². The van der Waals surface area contributed by atoms with E-state index in [1.807, 2.05) is 0 Å². The molecule has 0 unspecified atom stereocenters. The van der Waals surface area contributed by atoms with Gasteiger partial charge < -0.3 is 4.74 Å². The van der Waals surface area contributed by atoms with Crippen LogP contribution in [-0.2, 0) is 20.4 Å². The molecule has 0 aliphatic rings. The Hall–Kier alpha value is -0.850. The Morgan fingerprint density at radius 2 is 2.18 bits per heavy atom. The maximum absolute atomic E-state index is 11.4. The highest BCUT2D eigenvalue weighted by Gasteiger charge is 2.15. The second kappa shape index (κ2) is 6.18. The molecule has 0 atom stereocenters. The van der Waals surface area contributed by atoms with Gasteiger partial charge in [0.1, 0.15) is 0 Å². The van der Waals surface area contributed by atoms with Crippen molar-refractivity contribution in [1.82, 2.24) is 0 Å². The van der Waals surface area contributed by atoms with E-state index in [0.717, 1.165) is 5.37 Å². The number of carbonyl (C=O) groups excluding carboxylic acids is 1. The highest BCUT2D eigenvalue weighted by Crippen LogP contribution is 2.26. The zero-order valence-electron chi connectivity index (χ0n) is 8.74. The van der Waals surface area contributed by atoms with E-state index in [4.69, 9.17) is 11.6 Å². The molecule has 4 nitrogen and oxygen atoms in total. The van der Waals surface area contributed by atoms with Crippen molar-refractivity contribution in [2.45, 2.75) is 5.33 Å². The van der Waals surface area contributed by atoms with Crippen LogP contribution in [0.5, 0.6) is 0 Å². The lowest BCUT2D eigenvalue weighted by Gasteiger charge is -2.08. The van der Waals surface area contributed by atoms with Gasteiger partial charge in [0.2, 0.25) is 10.3 Å². The molecular formula is C10H8BrClO4S. The van der Waals surface area contributed by atoms with Crippen molar-refractivity contribution >= 4 is 49.2 Å². The summed E-state index contributed by atoms with van der Waals surface area (Å²) in [6, 6.07) is 2.93. The van der Waals surface area contributed by atoms with E-state index in [1.165, 1.54) is 19.2 Å². The minimum atomic E-state index is -2.33. The number of hydrogen-bond donors (Lipinski definition) is 0. The molecular weight excluding hydrogens is 332 g/mol. The van der Waals surface area contributed by atoms with Crippen LogP contribution < -0.4 is 0 Å². The van der Waals surface area contributed by atoms with Crippen LogP contribution in [-0.4, -0.2) is 26.9 Å². The first-order valence-corrected chi connectivity index (χ1v) is 7.03. The smallest absolute Gasteiger partial charge is 0.339 e. The van der Waals surface area contributed by atoms with Crippen molar-refractivity contribution in [3.63, 3.8) is 0 Å². The number of esters is 1. The molecule has 0 N–H and O–H groups in total. The zero-order chi connectivity index (χ0) is 13.0. The van der Waals surface area contributed by atoms with Gasteiger partial charge in [0.15, 0.2) is 0 Å². The molecule has 0 fully saturated rings. The first kappa shape index (κ1) is 14.2. The van der Waals surface area contributed by atoms with Gasteiger partial charge in [-0.25, -0.2) is 4.79 Å². The molecule has 0 amide bonds. The van der Waals surface area contributed by atoms with Crippen molar-refractivity contribution in [2.24, 2.45) is 0 Å². The number of methoxy groups -OCH3 is 1. The fraction of sp³-hybridized carbons (Fsp3) is 0.200. The van der Waals surface area contributed by atoms with Crippen LogP contribution in [0.3, 0.4) is 0 Å². The molecule has 0 heterocycles. The Bertz CT molecular complexity index is 572. The Morgan fingerprint density at radius 1 is 1.53 bits per heavy atom. The molecule has 0 radical (unpaired) electrons. The van der Waals surface area contributed by atoms with Gasteiger partial charge in [0.25, 0.3) is 0 Å². The molecule has 1 aromatic carbocycles. The Labute approximate surface area is 113 Å². The lowest BCUT2D eigenvalue weighted by atomic mass is 10.1. The molecule has 1 rings (SSSR count). The summed E-state index contributed by atoms with van der Waals surface area (Å²) < 4.78 is 25.8. The number of alkyl halides is 1. The van der Waals surface area contributed by atoms with Crippen LogP contribution in [0.25, 0.3) is 0 Å². The Kier molecular flexibility index (Phi) is 5.17. The lowest BCUT2D eigenvalue weighted by Crippen LogP contribution is -2.05. The quantitative estimate of drug-likeness (QED) is 0.480. The summed E-state index contributed by atoms with van der Waals surface area (Å²) in [4.78, 5) is 11.4. The Morgan fingerprint density at radius 3 is 2.65 bits per heavy atom. The summed E-state index contributed by atoms with van der Waals surface area (Å²) in [5, 5.41) is 1.55.